The molecule has 0 atom stereocenters. The Kier molecular flexibility index (Phi) is 5.14. The zero-order valence-corrected chi connectivity index (χ0v) is 10.2. The van der Waals surface area contributed by atoms with E-state index in [1.807, 2.05) is 6.07 Å². The van der Waals surface area contributed by atoms with Crippen LogP contribution in [0.4, 0.5) is 23.2 Å². The maximum absolute atomic E-state index is 12.6. The molecule has 1 amide bonds. The van der Waals surface area contributed by atoms with Crippen LogP contribution < -0.4 is 10.2 Å². The number of nitrogens with one attached hydrogen (secondary N) is 1. The normalized spacial score (nSPS) is 11.5. The molecule has 1 aromatic rings. The molecule has 0 aliphatic rings. The molecule has 0 bridgehead atoms. The standard InChI is InChI=1S/C12H14F4N2O/c1-18(9-5-3-2-4-6-9)8-7-17-11(19)12(15,16)10(13)14/h2-6,10H,7-8H2,1H3,(H,17,19). The summed E-state index contributed by atoms with van der Waals surface area (Å²) in [5, 5.41) is 1.79. The van der Waals surface area contributed by atoms with Crippen LogP contribution in [-0.4, -0.2) is 38.4 Å². The number of hydrogen-bond donors (Lipinski definition) is 1. The summed E-state index contributed by atoms with van der Waals surface area (Å²) in [7, 11) is 1.70. The molecule has 0 aliphatic heterocycles. The molecule has 0 aliphatic carbocycles. The van der Waals surface area contributed by atoms with Crippen molar-refractivity contribution in [1.82, 2.24) is 5.32 Å². The molecular formula is C12H14F4N2O. The molecule has 0 saturated carbocycles. The number of carbonyl (C=O) groups excluding carboxylic acids is 1. The smallest absolute Gasteiger partial charge is 0.373 e. The Labute approximate surface area is 108 Å². The zero-order chi connectivity index (χ0) is 14.5. The van der Waals surface area contributed by atoms with Crippen LogP contribution in [0.1, 0.15) is 0 Å². The van der Waals surface area contributed by atoms with Gasteiger partial charge in [0, 0.05) is 25.8 Å². The van der Waals surface area contributed by atoms with Crippen LogP contribution in [0.25, 0.3) is 0 Å². The Balaban J connectivity index is 2.41. The SMILES string of the molecule is CN(CCNC(=O)C(F)(F)C(F)F)c1ccccc1. The van der Waals surface area contributed by atoms with Crippen LogP contribution in [0.5, 0.6) is 0 Å². The van der Waals surface area contributed by atoms with Gasteiger partial charge in [-0.25, -0.2) is 8.78 Å². The van der Waals surface area contributed by atoms with E-state index < -0.39 is 18.3 Å². The zero-order valence-electron chi connectivity index (χ0n) is 10.2. The summed E-state index contributed by atoms with van der Waals surface area (Å²) >= 11 is 0. The minimum Gasteiger partial charge on any atom is -0.373 e. The highest BCUT2D eigenvalue weighted by Crippen LogP contribution is 2.22. The quantitative estimate of drug-likeness (QED) is 0.809. The van der Waals surface area contributed by atoms with Gasteiger partial charge < -0.3 is 10.2 Å². The summed E-state index contributed by atoms with van der Waals surface area (Å²) < 4.78 is 49.0. The number of likely N-dealkylation sites (N-methyl/N-ethyl adjacent to an activating group) is 1. The van der Waals surface area contributed by atoms with Gasteiger partial charge in [-0.05, 0) is 12.1 Å². The van der Waals surface area contributed by atoms with Gasteiger partial charge in [0.15, 0.2) is 0 Å². The largest absolute Gasteiger partial charge is 0.383 e. The highest BCUT2D eigenvalue weighted by molar-refractivity contribution is 5.83. The van der Waals surface area contributed by atoms with Crippen molar-refractivity contribution in [1.29, 1.82) is 0 Å². The van der Waals surface area contributed by atoms with Crippen LogP contribution in [0.15, 0.2) is 30.3 Å². The van der Waals surface area contributed by atoms with Gasteiger partial charge in [0.2, 0.25) is 0 Å². The lowest BCUT2D eigenvalue weighted by molar-refractivity contribution is -0.169. The molecule has 0 fully saturated rings. The fourth-order valence-corrected chi connectivity index (χ4v) is 1.37. The summed E-state index contributed by atoms with van der Waals surface area (Å²) in [6.45, 7) is 0.0849. The first-order valence-corrected chi connectivity index (χ1v) is 5.56. The Hall–Kier alpha value is -1.79. The number of benzene rings is 1. The van der Waals surface area contributed by atoms with E-state index in [9.17, 15) is 22.4 Å². The maximum atomic E-state index is 12.6. The molecule has 0 spiro atoms. The second-order valence-electron chi connectivity index (χ2n) is 3.94. The van der Waals surface area contributed by atoms with Gasteiger partial charge in [-0.2, -0.15) is 8.78 Å². The molecule has 7 heteroatoms. The molecule has 19 heavy (non-hydrogen) atoms. The fourth-order valence-electron chi connectivity index (χ4n) is 1.37. The molecule has 106 valence electrons. The number of anilines is 1. The molecule has 0 radical (unpaired) electrons. The van der Waals surface area contributed by atoms with Crippen LogP contribution in [0.3, 0.4) is 0 Å². The predicted octanol–water partition coefficient (Wildman–Crippen LogP) is 2.14. The summed E-state index contributed by atoms with van der Waals surface area (Å²) in [6.07, 6.45) is -4.00. The van der Waals surface area contributed by atoms with Crippen LogP contribution >= 0.6 is 0 Å². The van der Waals surface area contributed by atoms with Crippen molar-refractivity contribution in [3.8, 4) is 0 Å². The van der Waals surface area contributed by atoms with Gasteiger partial charge in [0.05, 0.1) is 0 Å². The van der Waals surface area contributed by atoms with Crippen molar-refractivity contribution < 1.29 is 22.4 Å². The molecule has 0 heterocycles. The average molecular weight is 278 g/mol. The number of hydrogen-bond acceptors (Lipinski definition) is 2. The van der Waals surface area contributed by atoms with E-state index in [1.54, 1.807) is 41.5 Å². The maximum Gasteiger partial charge on any atom is 0.383 e. The number of para-hydroxylation sites is 1. The average Bonchev–Trinajstić information content (AvgIpc) is 2.39. The third-order valence-electron chi connectivity index (χ3n) is 2.51. The van der Waals surface area contributed by atoms with E-state index in [1.165, 1.54) is 0 Å². The van der Waals surface area contributed by atoms with Gasteiger partial charge in [-0.1, -0.05) is 18.2 Å². The minimum absolute atomic E-state index is 0.146. The van der Waals surface area contributed by atoms with E-state index >= 15 is 0 Å². The van der Waals surface area contributed by atoms with Gasteiger partial charge in [-0.3, -0.25) is 4.79 Å². The first-order chi connectivity index (χ1) is 8.85. The van der Waals surface area contributed by atoms with Crippen molar-refractivity contribution in [3.63, 3.8) is 0 Å². The number of alkyl halides is 4. The first kappa shape index (κ1) is 15.3. The van der Waals surface area contributed by atoms with E-state index in [4.69, 9.17) is 0 Å². The van der Waals surface area contributed by atoms with Crippen molar-refractivity contribution in [2.24, 2.45) is 0 Å². The van der Waals surface area contributed by atoms with Crippen LogP contribution in [-0.2, 0) is 4.79 Å². The molecule has 1 N–H and O–H groups in total. The molecular weight excluding hydrogens is 264 g/mol. The molecule has 0 aromatic heterocycles. The minimum atomic E-state index is -4.65. The van der Waals surface area contributed by atoms with Crippen LogP contribution in [0, 0.1) is 0 Å². The summed E-state index contributed by atoms with van der Waals surface area (Å²) in [4.78, 5) is 12.6. The number of halogens is 4. The van der Waals surface area contributed by atoms with Crippen molar-refractivity contribution in [3.05, 3.63) is 30.3 Å². The molecule has 3 nitrogen and oxygen atoms in total. The van der Waals surface area contributed by atoms with Crippen molar-refractivity contribution in [2.75, 3.05) is 25.0 Å². The number of amides is 1. The van der Waals surface area contributed by atoms with E-state index in [2.05, 4.69) is 0 Å². The monoisotopic (exact) mass is 278 g/mol. The van der Waals surface area contributed by atoms with Crippen LogP contribution in [0.2, 0.25) is 0 Å². The second kappa shape index (κ2) is 6.40. The molecule has 1 aromatic carbocycles. The number of nitrogens with zero attached hydrogens (tertiary/aromatic N) is 1. The fraction of sp³-hybridized carbons (Fsp3) is 0.417. The Morgan fingerprint density at radius 3 is 2.42 bits per heavy atom. The van der Waals surface area contributed by atoms with Gasteiger partial charge in [-0.15, -0.1) is 0 Å². The number of rotatable bonds is 6. The molecule has 1 rings (SSSR count). The number of carbonyl (C=O) groups is 1. The van der Waals surface area contributed by atoms with E-state index in [0.29, 0.717) is 0 Å². The first-order valence-electron chi connectivity index (χ1n) is 5.56. The highest BCUT2D eigenvalue weighted by atomic mass is 19.3. The third kappa shape index (κ3) is 4.11. The molecule has 0 saturated heterocycles. The van der Waals surface area contributed by atoms with Crippen molar-refractivity contribution >= 4 is 11.6 Å². The predicted molar refractivity (Wildman–Crippen MR) is 63.7 cm³/mol. The summed E-state index contributed by atoms with van der Waals surface area (Å²) in [5.41, 5.74) is 0.831. The highest BCUT2D eigenvalue weighted by Gasteiger charge is 2.48. The summed E-state index contributed by atoms with van der Waals surface area (Å²) in [5.74, 6) is -6.60. The Bertz CT molecular complexity index is 411. The lowest BCUT2D eigenvalue weighted by atomic mass is 10.3. The van der Waals surface area contributed by atoms with Gasteiger partial charge in [0.1, 0.15) is 0 Å². The van der Waals surface area contributed by atoms with E-state index in [-0.39, 0.29) is 13.1 Å². The Morgan fingerprint density at radius 1 is 1.32 bits per heavy atom. The van der Waals surface area contributed by atoms with Gasteiger partial charge >= 0.3 is 12.3 Å². The topological polar surface area (TPSA) is 32.3 Å². The van der Waals surface area contributed by atoms with E-state index in [0.717, 1.165) is 5.69 Å². The lowest BCUT2D eigenvalue weighted by Gasteiger charge is -2.20. The second-order valence-corrected chi connectivity index (χ2v) is 3.94. The Morgan fingerprint density at radius 2 is 1.89 bits per heavy atom. The van der Waals surface area contributed by atoms with Crippen molar-refractivity contribution in [2.45, 2.75) is 12.3 Å². The third-order valence-corrected chi connectivity index (χ3v) is 2.51. The lowest BCUT2D eigenvalue weighted by Crippen LogP contribution is -2.47. The van der Waals surface area contributed by atoms with Gasteiger partial charge in [0.25, 0.3) is 5.91 Å². The molecule has 0 unspecified atom stereocenters. The summed E-state index contributed by atoms with van der Waals surface area (Å²) in [6, 6.07) is 9.03.